The zero-order valence-electron chi connectivity index (χ0n) is 17.8. The van der Waals surface area contributed by atoms with Crippen molar-refractivity contribution in [1.29, 1.82) is 0 Å². The van der Waals surface area contributed by atoms with E-state index in [-0.39, 0.29) is 0 Å². The van der Waals surface area contributed by atoms with Gasteiger partial charge in [-0.1, -0.05) is 34.6 Å². The first-order chi connectivity index (χ1) is 11.6. The Bertz CT molecular complexity index is 532. The largest absolute Gasteiger partial charge is 0.305 e. The van der Waals surface area contributed by atoms with Gasteiger partial charge < -0.3 is 9.80 Å². The van der Waals surface area contributed by atoms with Gasteiger partial charge in [-0.25, -0.2) is 0 Å². The van der Waals surface area contributed by atoms with E-state index in [1.807, 2.05) is 0 Å². The molecule has 2 heterocycles. The fourth-order valence-electron chi connectivity index (χ4n) is 7.92. The Morgan fingerprint density at radius 2 is 1.52 bits per heavy atom. The van der Waals surface area contributed by atoms with Gasteiger partial charge in [-0.2, -0.15) is 0 Å². The minimum absolute atomic E-state index is 0.565. The second kappa shape index (κ2) is 5.71. The Balaban J connectivity index is 1.33. The molecule has 2 saturated heterocycles. The third-order valence-electron chi connectivity index (χ3n) is 10.3. The number of rotatable bonds is 4. The molecular weight excluding hydrogens is 304 g/mol. The van der Waals surface area contributed by atoms with E-state index in [9.17, 15) is 0 Å². The maximum atomic E-state index is 2.83. The Labute approximate surface area is 156 Å². The monoisotopic (exact) mass is 346 g/mol. The van der Waals surface area contributed by atoms with Gasteiger partial charge in [-0.15, -0.1) is 0 Å². The lowest BCUT2D eigenvalue weighted by molar-refractivity contribution is 0.119. The topological polar surface area (TPSA) is 6.48 Å². The first-order valence-corrected chi connectivity index (χ1v) is 11.0. The molecule has 0 radical (unpaired) electrons. The molecule has 0 N–H and O–H groups in total. The van der Waals surface area contributed by atoms with Crippen molar-refractivity contribution in [2.45, 2.75) is 73.1 Å². The van der Waals surface area contributed by atoms with E-state index < -0.39 is 0 Å². The van der Waals surface area contributed by atoms with Crippen molar-refractivity contribution in [3.63, 3.8) is 0 Å². The summed E-state index contributed by atoms with van der Waals surface area (Å²) in [7, 11) is 2.33. The molecule has 0 aromatic heterocycles. The first-order valence-electron chi connectivity index (χ1n) is 11.0. The van der Waals surface area contributed by atoms with Crippen molar-refractivity contribution in [1.82, 2.24) is 9.80 Å². The third kappa shape index (κ3) is 2.49. The second-order valence-corrected chi connectivity index (χ2v) is 11.7. The molecule has 0 bridgehead atoms. The molecule has 4 fully saturated rings. The van der Waals surface area contributed by atoms with Crippen LogP contribution in [-0.2, 0) is 0 Å². The SMILES string of the molecule is CC1CC[C@]2(C)CN(CCCC3CC[C@@]4(C)CN(C)C[C@@]34C)C[C@]12C. The summed E-state index contributed by atoms with van der Waals surface area (Å²) >= 11 is 0. The second-order valence-electron chi connectivity index (χ2n) is 11.7. The van der Waals surface area contributed by atoms with Crippen LogP contribution in [0, 0.1) is 33.5 Å². The molecule has 0 spiro atoms. The van der Waals surface area contributed by atoms with Crippen molar-refractivity contribution in [3.05, 3.63) is 0 Å². The third-order valence-corrected chi connectivity index (χ3v) is 10.3. The van der Waals surface area contributed by atoms with Crippen LogP contribution in [0.25, 0.3) is 0 Å². The Morgan fingerprint density at radius 1 is 0.840 bits per heavy atom. The average molecular weight is 347 g/mol. The standard InChI is InChI=1S/C23H42N2/c1-18-9-11-21(3)15-25(17-22(18,21)4)13-7-8-19-10-12-20(2)14-24(6)16-23(19,20)5/h18-19H,7-17H2,1-6H3/t18?,19?,20-,21+,22+,23-/m0/s1. The number of hydrogen-bond donors (Lipinski definition) is 0. The van der Waals surface area contributed by atoms with Crippen molar-refractivity contribution < 1.29 is 0 Å². The molecule has 4 rings (SSSR count). The smallest absolute Gasteiger partial charge is 0.00438 e. The fraction of sp³-hybridized carbons (Fsp3) is 1.00. The lowest BCUT2D eigenvalue weighted by Crippen LogP contribution is -2.36. The fourth-order valence-corrected chi connectivity index (χ4v) is 7.92. The van der Waals surface area contributed by atoms with Crippen molar-refractivity contribution in [3.8, 4) is 0 Å². The molecular formula is C23H42N2. The molecule has 2 nitrogen and oxygen atoms in total. The highest BCUT2D eigenvalue weighted by atomic mass is 15.2. The molecule has 2 heteroatoms. The van der Waals surface area contributed by atoms with Crippen LogP contribution >= 0.6 is 0 Å². The van der Waals surface area contributed by atoms with Gasteiger partial charge in [-0.3, -0.25) is 0 Å². The van der Waals surface area contributed by atoms with Crippen LogP contribution in [0.1, 0.15) is 73.1 Å². The van der Waals surface area contributed by atoms with Gasteiger partial charge in [0.15, 0.2) is 0 Å². The summed E-state index contributed by atoms with van der Waals surface area (Å²) in [4.78, 5) is 5.42. The van der Waals surface area contributed by atoms with Crippen molar-refractivity contribution in [2.75, 3.05) is 39.8 Å². The van der Waals surface area contributed by atoms with Crippen molar-refractivity contribution >= 4 is 0 Å². The van der Waals surface area contributed by atoms with Crippen molar-refractivity contribution in [2.24, 2.45) is 33.5 Å². The van der Waals surface area contributed by atoms with Crippen LogP contribution in [0.5, 0.6) is 0 Å². The van der Waals surface area contributed by atoms with Gasteiger partial charge in [0, 0.05) is 26.2 Å². The highest BCUT2D eigenvalue weighted by molar-refractivity contribution is 5.10. The molecule has 2 aliphatic heterocycles. The molecule has 25 heavy (non-hydrogen) atoms. The number of fused-ring (bicyclic) bond motifs is 2. The van der Waals surface area contributed by atoms with Crippen LogP contribution < -0.4 is 0 Å². The van der Waals surface area contributed by atoms with Crippen LogP contribution in [0.2, 0.25) is 0 Å². The maximum Gasteiger partial charge on any atom is 0.00438 e. The quantitative estimate of drug-likeness (QED) is 0.715. The molecule has 2 unspecified atom stereocenters. The predicted octanol–water partition coefficient (Wildman–Crippen LogP) is 4.89. The van der Waals surface area contributed by atoms with Gasteiger partial charge in [0.05, 0.1) is 0 Å². The van der Waals surface area contributed by atoms with E-state index in [1.165, 1.54) is 71.2 Å². The highest BCUT2D eigenvalue weighted by Crippen LogP contribution is 2.62. The van der Waals surface area contributed by atoms with E-state index in [1.54, 1.807) is 0 Å². The number of nitrogens with zero attached hydrogens (tertiary/aromatic N) is 2. The Kier molecular flexibility index (Phi) is 4.18. The summed E-state index contributed by atoms with van der Waals surface area (Å²) in [5.74, 6) is 1.86. The Hall–Kier alpha value is -0.0800. The summed E-state index contributed by atoms with van der Waals surface area (Å²) in [5, 5.41) is 0. The summed E-state index contributed by atoms with van der Waals surface area (Å²) in [6.45, 7) is 19.5. The van der Waals surface area contributed by atoms with Gasteiger partial charge in [0.1, 0.15) is 0 Å². The molecule has 2 aliphatic carbocycles. The van der Waals surface area contributed by atoms with Crippen LogP contribution in [-0.4, -0.2) is 49.6 Å². The summed E-state index contributed by atoms with van der Waals surface area (Å²) in [6, 6.07) is 0. The lowest BCUT2D eigenvalue weighted by Gasteiger charge is -2.38. The lowest BCUT2D eigenvalue weighted by atomic mass is 9.66. The molecule has 0 aromatic carbocycles. The zero-order valence-corrected chi connectivity index (χ0v) is 17.8. The normalized spacial score (nSPS) is 53.5. The Morgan fingerprint density at radius 3 is 2.24 bits per heavy atom. The summed E-state index contributed by atoms with van der Waals surface area (Å²) < 4.78 is 0. The first kappa shape index (κ1) is 18.3. The van der Waals surface area contributed by atoms with E-state index >= 15 is 0 Å². The van der Waals surface area contributed by atoms with Crippen LogP contribution in [0.3, 0.4) is 0 Å². The average Bonchev–Trinajstić information content (AvgIpc) is 3.07. The molecule has 6 atom stereocenters. The van der Waals surface area contributed by atoms with Gasteiger partial charge >= 0.3 is 0 Å². The van der Waals surface area contributed by atoms with Gasteiger partial charge in [-0.05, 0) is 85.6 Å². The van der Waals surface area contributed by atoms with Crippen LogP contribution in [0.15, 0.2) is 0 Å². The molecule has 0 aromatic rings. The van der Waals surface area contributed by atoms with Gasteiger partial charge in [0.2, 0.25) is 0 Å². The highest BCUT2D eigenvalue weighted by Gasteiger charge is 2.59. The van der Waals surface area contributed by atoms with E-state index in [2.05, 4.69) is 51.5 Å². The summed E-state index contributed by atoms with van der Waals surface area (Å²) in [6.07, 6.45) is 8.71. The molecule has 0 amide bonds. The van der Waals surface area contributed by atoms with E-state index in [0.29, 0.717) is 21.7 Å². The molecule has 144 valence electrons. The molecule has 2 saturated carbocycles. The maximum absolute atomic E-state index is 2.83. The van der Waals surface area contributed by atoms with E-state index in [0.717, 1.165) is 11.8 Å². The summed E-state index contributed by atoms with van der Waals surface area (Å²) in [5.41, 5.74) is 2.29. The minimum Gasteiger partial charge on any atom is -0.305 e. The zero-order chi connectivity index (χ0) is 18.1. The molecule has 4 aliphatic rings. The number of likely N-dealkylation sites (tertiary alicyclic amines) is 2. The van der Waals surface area contributed by atoms with Gasteiger partial charge in [0.25, 0.3) is 0 Å². The predicted molar refractivity (Wildman–Crippen MR) is 107 cm³/mol. The van der Waals surface area contributed by atoms with Crippen LogP contribution in [0.4, 0.5) is 0 Å². The minimum atomic E-state index is 0.565. The van der Waals surface area contributed by atoms with E-state index in [4.69, 9.17) is 0 Å². The number of hydrogen-bond acceptors (Lipinski definition) is 2.